The normalized spacial score (nSPS) is 17.8. The zero-order chi connectivity index (χ0) is 16.4. The Morgan fingerprint density at radius 2 is 1.83 bits per heavy atom. The lowest BCUT2D eigenvalue weighted by molar-refractivity contribution is -0.115. The van der Waals surface area contributed by atoms with Crippen LogP contribution in [-0.2, 0) is 4.79 Å². The van der Waals surface area contributed by atoms with Crippen molar-refractivity contribution < 1.29 is 4.79 Å². The summed E-state index contributed by atoms with van der Waals surface area (Å²) in [6.45, 7) is 0. The molecule has 0 saturated carbocycles. The highest BCUT2D eigenvalue weighted by Gasteiger charge is 2.24. The largest absolute Gasteiger partial charge is 0.300 e. The van der Waals surface area contributed by atoms with E-state index in [-0.39, 0.29) is 5.91 Å². The highest BCUT2D eigenvalue weighted by molar-refractivity contribution is 8.18. The van der Waals surface area contributed by atoms with Crippen LogP contribution in [0.25, 0.3) is 6.08 Å². The Morgan fingerprint density at radius 1 is 1.04 bits per heavy atom. The van der Waals surface area contributed by atoms with Gasteiger partial charge in [-0.2, -0.15) is 0 Å². The van der Waals surface area contributed by atoms with Gasteiger partial charge in [0.1, 0.15) is 0 Å². The van der Waals surface area contributed by atoms with E-state index in [1.165, 1.54) is 11.8 Å². The summed E-state index contributed by atoms with van der Waals surface area (Å²) in [7, 11) is 0. The Bertz CT molecular complexity index is 849. The summed E-state index contributed by atoms with van der Waals surface area (Å²) >= 11 is 19.3. The number of benzene rings is 2. The number of amidine groups is 1. The number of rotatable bonds is 2. The molecule has 1 saturated heterocycles. The van der Waals surface area contributed by atoms with Gasteiger partial charge in [-0.05, 0) is 47.7 Å². The van der Waals surface area contributed by atoms with Crippen LogP contribution in [0.1, 0.15) is 5.56 Å². The van der Waals surface area contributed by atoms with Gasteiger partial charge in [0.05, 0.1) is 15.6 Å². The van der Waals surface area contributed by atoms with Crippen LogP contribution in [0.15, 0.2) is 52.4 Å². The number of carbonyl (C=O) groups excluding carboxylic acids is 1. The third kappa shape index (κ3) is 3.90. The first-order chi connectivity index (χ1) is 11.0. The fraction of sp³-hybridized carbons (Fsp3) is 0. The highest BCUT2D eigenvalue weighted by Crippen LogP contribution is 2.32. The topological polar surface area (TPSA) is 41.5 Å². The Balaban J connectivity index is 1.88. The van der Waals surface area contributed by atoms with Crippen LogP contribution in [0.3, 0.4) is 0 Å². The molecule has 7 heteroatoms. The van der Waals surface area contributed by atoms with Crippen LogP contribution >= 0.6 is 46.6 Å². The summed E-state index contributed by atoms with van der Waals surface area (Å²) < 4.78 is 0. The second kappa shape index (κ2) is 6.97. The van der Waals surface area contributed by atoms with E-state index >= 15 is 0 Å². The Morgan fingerprint density at radius 3 is 2.57 bits per heavy atom. The molecule has 23 heavy (non-hydrogen) atoms. The third-order valence-electron chi connectivity index (χ3n) is 2.97. The van der Waals surface area contributed by atoms with Gasteiger partial charge in [0.15, 0.2) is 5.17 Å². The quantitative estimate of drug-likeness (QED) is 0.692. The van der Waals surface area contributed by atoms with Crippen molar-refractivity contribution in [3.63, 3.8) is 0 Å². The molecule has 116 valence electrons. The number of hydrogen-bond donors (Lipinski definition) is 1. The fourth-order valence-corrected chi connectivity index (χ4v) is 3.36. The van der Waals surface area contributed by atoms with Crippen LogP contribution in [0.5, 0.6) is 0 Å². The molecule has 1 amide bonds. The molecule has 3 rings (SSSR count). The van der Waals surface area contributed by atoms with E-state index in [0.29, 0.717) is 36.4 Å². The fourth-order valence-electron chi connectivity index (χ4n) is 1.89. The summed E-state index contributed by atoms with van der Waals surface area (Å²) in [5, 5.41) is 4.73. The number of nitrogens with one attached hydrogen (secondary N) is 1. The van der Waals surface area contributed by atoms with Gasteiger partial charge in [-0.15, -0.1) is 0 Å². The second-order valence-corrected chi connectivity index (χ2v) is 6.88. The third-order valence-corrected chi connectivity index (χ3v) is 4.77. The number of para-hydroxylation sites is 1. The second-order valence-electron chi connectivity index (χ2n) is 4.60. The van der Waals surface area contributed by atoms with Gasteiger partial charge < -0.3 is 5.32 Å². The number of nitrogens with zero attached hydrogens (tertiary/aromatic N) is 1. The maximum absolute atomic E-state index is 12.1. The van der Waals surface area contributed by atoms with Gasteiger partial charge in [0.2, 0.25) is 0 Å². The van der Waals surface area contributed by atoms with Crippen molar-refractivity contribution in [1.29, 1.82) is 0 Å². The van der Waals surface area contributed by atoms with Gasteiger partial charge in [0, 0.05) is 10.0 Å². The number of amides is 1. The van der Waals surface area contributed by atoms with Gasteiger partial charge in [-0.25, -0.2) is 4.99 Å². The van der Waals surface area contributed by atoms with Crippen LogP contribution < -0.4 is 5.32 Å². The lowest BCUT2D eigenvalue weighted by Crippen LogP contribution is -2.19. The minimum absolute atomic E-state index is 0.230. The number of aliphatic imine (C=N–C) groups is 1. The zero-order valence-electron chi connectivity index (χ0n) is 11.5. The van der Waals surface area contributed by atoms with Crippen molar-refractivity contribution >= 4 is 69.4 Å². The van der Waals surface area contributed by atoms with Gasteiger partial charge in [-0.1, -0.05) is 53.0 Å². The maximum Gasteiger partial charge on any atom is 0.264 e. The van der Waals surface area contributed by atoms with Gasteiger partial charge >= 0.3 is 0 Å². The molecule has 2 aromatic carbocycles. The van der Waals surface area contributed by atoms with Crippen LogP contribution in [0.4, 0.5) is 5.69 Å². The SMILES string of the molecule is O=C1NC(=Nc2ccccc2Cl)S/C1=C\c1ccc(Cl)cc1Cl. The highest BCUT2D eigenvalue weighted by atomic mass is 35.5. The molecule has 0 atom stereocenters. The first kappa shape index (κ1) is 16.4. The average molecular weight is 384 g/mol. The minimum atomic E-state index is -0.230. The number of halogens is 3. The van der Waals surface area contributed by atoms with E-state index in [4.69, 9.17) is 34.8 Å². The van der Waals surface area contributed by atoms with Crippen molar-refractivity contribution in [2.75, 3.05) is 0 Å². The Kier molecular flexibility index (Phi) is 4.97. The van der Waals surface area contributed by atoms with E-state index in [0.717, 1.165) is 0 Å². The average Bonchev–Trinajstić information content (AvgIpc) is 2.84. The Labute approximate surface area is 152 Å². The summed E-state index contributed by atoms with van der Waals surface area (Å²) in [6.07, 6.45) is 1.70. The number of hydrogen-bond acceptors (Lipinski definition) is 3. The Hall–Kier alpha value is -1.46. The van der Waals surface area contributed by atoms with Gasteiger partial charge in [-0.3, -0.25) is 4.79 Å². The van der Waals surface area contributed by atoms with Crippen molar-refractivity contribution in [3.8, 4) is 0 Å². The summed E-state index contributed by atoms with van der Waals surface area (Å²) in [5.74, 6) is -0.230. The predicted octanol–water partition coefficient (Wildman–Crippen LogP) is 5.54. The molecule has 0 aliphatic carbocycles. The summed E-state index contributed by atoms with van der Waals surface area (Å²) in [6, 6.07) is 12.3. The standard InChI is InChI=1S/C16H9Cl3N2OS/c17-10-6-5-9(12(19)8-10)7-14-15(22)21-16(23-14)20-13-4-2-1-3-11(13)18/h1-8H,(H,20,21,22)/b14-7-. The predicted molar refractivity (Wildman–Crippen MR) is 98.7 cm³/mol. The van der Waals surface area contributed by atoms with Crippen molar-refractivity contribution in [2.24, 2.45) is 4.99 Å². The molecule has 1 fully saturated rings. The lowest BCUT2D eigenvalue weighted by atomic mass is 10.2. The van der Waals surface area contributed by atoms with E-state index in [1.54, 1.807) is 36.4 Å². The molecular weight excluding hydrogens is 375 g/mol. The summed E-state index contributed by atoms with van der Waals surface area (Å²) in [5.41, 5.74) is 1.32. The van der Waals surface area contributed by atoms with E-state index < -0.39 is 0 Å². The van der Waals surface area contributed by atoms with Crippen LogP contribution in [0.2, 0.25) is 15.1 Å². The molecule has 0 bridgehead atoms. The molecule has 0 aromatic heterocycles. The molecule has 2 aromatic rings. The maximum atomic E-state index is 12.1. The van der Waals surface area contributed by atoms with Crippen molar-refractivity contribution in [2.45, 2.75) is 0 Å². The van der Waals surface area contributed by atoms with Crippen molar-refractivity contribution in [3.05, 3.63) is 68.0 Å². The van der Waals surface area contributed by atoms with Gasteiger partial charge in [0.25, 0.3) is 5.91 Å². The molecular formula is C16H9Cl3N2OS. The molecule has 1 aliphatic heterocycles. The van der Waals surface area contributed by atoms with E-state index in [9.17, 15) is 4.79 Å². The van der Waals surface area contributed by atoms with Crippen molar-refractivity contribution in [1.82, 2.24) is 5.32 Å². The van der Waals surface area contributed by atoms with E-state index in [1.807, 2.05) is 12.1 Å². The smallest absolute Gasteiger partial charge is 0.264 e. The number of thioether (sulfide) groups is 1. The lowest BCUT2D eigenvalue weighted by Gasteiger charge is -1.99. The molecule has 0 spiro atoms. The molecule has 1 heterocycles. The first-order valence-corrected chi connectivity index (χ1v) is 8.47. The molecule has 1 N–H and O–H groups in total. The van der Waals surface area contributed by atoms with Crippen LogP contribution in [-0.4, -0.2) is 11.1 Å². The minimum Gasteiger partial charge on any atom is -0.300 e. The monoisotopic (exact) mass is 382 g/mol. The molecule has 0 radical (unpaired) electrons. The van der Waals surface area contributed by atoms with E-state index in [2.05, 4.69) is 10.3 Å². The molecule has 0 unspecified atom stereocenters. The molecule has 3 nitrogen and oxygen atoms in total. The first-order valence-electron chi connectivity index (χ1n) is 6.52. The number of carbonyl (C=O) groups is 1. The molecule has 1 aliphatic rings. The van der Waals surface area contributed by atoms with Crippen LogP contribution in [0, 0.1) is 0 Å². The summed E-state index contributed by atoms with van der Waals surface area (Å²) in [4.78, 5) is 16.9. The zero-order valence-corrected chi connectivity index (χ0v) is 14.6.